The van der Waals surface area contributed by atoms with Gasteiger partial charge < -0.3 is 0 Å². The molecule has 19 heavy (non-hydrogen) atoms. The first-order chi connectivity index (χ1) is 8.99. The van der Waals surface area contributed by atoms with Gasteiger partial charge in [-0.1, -0.05) is 36.7 Å². The molecule has 0 saturated carbocycles. The van der Waals surface area contributed by atoms with Crippen LogP contribution in [-0.2, 0) is 16.8 Å². The van der Waals surface area contributed by atoms with Gasteiger partial charge in [0.1, 0.15) is 0 Å². The van der Waals surface area contributed by atoms with Gasteiger partial charge >= 0.3 is 0 Å². The third-order valence-corrected chi connectivity index (χ3v) is 5.25. The number of halogens is 1. The molecular formula is C13H19ClN2O2S. The van der Waals surface area contributed by atoms with E-state index in [1.807, 2.05) is 18.2 Å². The van der Waals surface area contributed by atoms with Crippen molar-refractivity contribution in [1.29, 1.82) is 0 Å². The van der Waals surface area contributed by atoms with Crippen molar-refractivity contribution < 1.29 is 8.42 Å². The maximum Gasteiger partial charge on any atom is 0.279 e. The average molecular weight is 303 g/mol. The molecule has 1 aliphatic rings. The zero-order valence-corrected chi connectivity index (χ0v) is 12.5. The first-order valence-corrected chi connectivity index (χ1v) is 8.29. The molecule has 0 amide bonds. The largest absolute Gasteiger partial charge is 0.279 e. The predicted molar refractivity (Wildman–Crippen MR) is 77.2 cm³/mol. The van der Waals surface area contributed by atoms with Crippen LogP contribution in [0.15, 0.2) is 24.3 Å². The monoisotopic (exact) mass is 302 g/mol. The van der Waals surface area contributed by atoms with Gasteiger partial charge in [0.2, 0.25) is 0 Å². The molecule has 1 aromatic rings. The van der Waals surface area contributed by atoms with Crippen LogP contribution in [0, 0.1) is 5.92 Å². The molecule has 4 nitrogen and oxygen atoms in total. The van der Waals surface area contributed by atoms with Crippen molar-refractivity contribution in [2.24, 2.45) is 5.92 Å². The number of nitrogens with zero attached hydrogens (tertiary/aromatic N) is 1. The van der Waals surface area contributed by atoms with Crippen LogP contribution in [0.4, 0.5) is 0 Å². The van der Waals surface area contributed by atoms with Crippen LogP contribution in [0.5, 0.6) is 0 Å². The molecule has 0 unspecified atom stereocenters. The van der Waals surface area contributed by atoms with Crippen molar-refractivity contribution in [3.63, 3.8) is 0 Å². The molecule has 0 spiro atoms. The highest BCUT2D eigenvalue weighted by Gasteiger charge is 2.26. The van der Waals surface area contributed by atoms with Crippen LogP contribution in [0.25, 0.3) is 0 Å². The van der Waals surface area contributed by atoms with Gasteiger partial charge in [0, 0.05) is 24.7 Å². The van der Waals surface area contributed by atoms with Gasteiger partial charge in [0.25, 0.3) is 10.2 Å². The molecule has 2 rings (SSSR count). The van der Waals surface area contributed by atoms with Crippen molar-refractivity contribution in [3.8, 4) is 0 Å². The summed E-state index contributed by atoms with van der Waals surface area (Å²) in [5, 5.41) is 0.581. The van der Waals surface area contributed by atoms with Crippen LogP contribution in [0.1, 0.15) is 25.3 Å². The summed E-state index contributed by atoms with van der Waals surface area (Å²) in [7, 11) is -3.41. The molecule has 0 radical (unpaired) electrons. The van der Waals surface area contributed by atoms with Gasteiger partial charge in [-0.3, -0.25) is 0 Å². The molecule has 1 saturated heterocycles. The van der Waals surface area contributed by atoms with E-state index in [0.29, 0.717) is 24.0 Å². The maximum atomic E-state index is 12.2. The van der Waals surface area contributed by atoms with Crippen LogP contribution in [0.3, 0.4) is 0 Å². The number of piperidine rings is 1. The molecule has 0 bridgehead atoms. The Labute approximate surface area is 119 Å². The lowest BCUT2D eigenvalue weighted by Gasteiger charge is -2.30. The Bertz CT molecular complexity index is 533. The third-order valence-electron chi connectivity index (χ3n) is 3.36. The quantitative estimate of drug-likeness (QED) is 0.928. The first kappa shape index (κ1) is 14.8. The molecule has 1 heterocycles. The third kappa shape index (κ3) is 3.92. The van der Waals surface area contributed by atoms with Gasteiger partial charge in [0.15, 0.2) is 0 Å². The first-order valence-electron chi connectivity index (χ1n) is 6.47. The van der Waals surface area contributed by atoms with Crippen molar-refractivity contribution >= 4 is 21.8 Å². The van der Waals surface area contributed by atoms with Crippen molar-refractivity contribution in [2.75, 3.05) is 13.1 Å². The van der Waals surface area contributed by atoms with E-state index >= 15 is 0 Å². The van der Waals surface area contributed by atoms with E-state index in [1.165, 1.54) is 4.31 Å². The van der Waals surface area contributed by atoms with Crippen LogP contribution < -0.4 is 4.72 Å². The lowest BCUT2D eigenvalue weighted by atomic mass is 10.0. The zero-order valence-electron chi connectivity index (χ0n) is 11.0. The zero-order chi connectivity index (χ0) is 13.9. The Morgan fingerprint density at radius 3 is 2.84 bits per heavy atom. The Hall–Kier alpha value is -0.620. The molecule has 1 fully saturated rings. The van der Waals surface area contributed by atoms with Gasteiger partial charge in [-0.15, -0.1) is 0 Å². The molecule has 1 N–H and O–H groups in total. The summed E-state index contributed by atoms with van der Waals surface area (Å²) in [5.74, 6) is 0.422. The maximum absolute atomic E-state index is 12.2. The predicted octanol–water partition coefficient (Wildman–Crippen LogP) is 2.41. The van der Waals surface area contributed by atoms with Crippen LogP contribution in [0.2, 0.25) is 5.02 Å². The summed E-state index contributed by atoms with van der Waals surface area (Å²) < 4.78 is 28.5. The van der Waals surface area contributed by atoms with Crippen molar-refractivity contribution in [3.05, 3.63) is 34.9 Å². The fourth-order valence-electron chi connectivity index (χ4n) is 2.27. The van der Waals surface area contributed by atoms with Crippen molar-refractivity contribution in [1.82, 2.24) is 9.03 Å². The van der Waals surface area contributed by atoms with E-state index in [1.54, 1.807) is 6.07 Å². The van der Waals surface area contributed by atoms with Gasteiger partial charge in [-0.2, -0.15) is 17.4 Å². The SMILES string of the molecule is C[C@H]1CCCN(S(=O)(=O)NCc2ccccc2Cl)C1. The standard InChI is InChI=1S/C13H19ClN2O2S/c1-11-5-4-8-16(10-11)19(17,18)15-9-12-6-2-3-7-13(12)14/h2-3,6-7,11,15H,4-5,8-10H2,1H3/t11-/m0/s1. The van der Waals surface area contributed by atoms with Crippen LogP contribution >= 0.6 is 11.6 Å². The lowest BCUT2D eigenvalue weighted by Crippen LogP contribution is -2.45. The Morgan fingerprint density at radius 2 is 2.16 bits per heavy atom. The highest BCUT2D eigenvalue weighted by Crippen LogP contribution is 2.19. The minimum atomic E-state index is -3.41. The molecule has 1 aromatic carbocycles. The minimum absolute atomic E-state index is 0.229. The van der Waals surface area contributed by atoms with E-state index in [-0.39, 0.29) is 6.54 Å². The Balaban J connectivity index is 2.00. The molecule has 6 heteroatoms. The second-order valence-corrected chi connectivity index (χ2v) is 7.19. The fourth-order valence-corrected chi connectivity index (χ4v) is 3.81. The second kappa shape index (κ2) is 6.22. The number of hydrogen-bond acceptors (Lipinski definition) is 2. The lowest BCUT2D eigenvalue weighted by molar-refractivity contribution is 0.278. The minimum Gasteiger partial charge on any atom is -0.198 e. The molecular weight excluding hydrogens is 284 g/mol. The highest BCUT2D eigenvalue weighted by atomic mass is 35.5. The number of benzene rings is 1. The van der Waals surface area contributed by atoms with Gasteiger partial charge in [-0.05, 0) is 30.4 Å². The smallest absolute Gasteiger partial charge is 0.198 e. The van der Waals surface area contributed by atoms with E-state index < -0.39 is 10.2 Å². The molecule has 1 atom stereocenters. The summed E-state index contributed by atoms with van der Waals surface area (Å²) in [4.78, 5) is 0. The summed E-state index contributed by atoms with van der Waals surface area (Å²) >= 11 is 6.01. The normalized spacial score (nSPS) is 21.5. The summed E-state index contributed by atoms with van der Waals surface area (Å²) in [6.07, 6.45) is 2.02. The van der Waals surface area contributed by atoms with E-state index in [9.17, 15) is 8.42 Å². The second-order valence-electron chi connectivity index (χ2n) is 5.02. The van der Waals surface area contributed by atoms with E-state index in [0.717, 1.165) is 18.4 Å². The molecule has 0 aromatic heterocycles. The van der Waals surface area contributed by atoms with Crippen LogP contribution in [-0.4, -0.2) is 25.8 Å². The molecule has 1 aliphatic heterocycles. The van der Waals surface area contributed by atoms with Gasteiger partial charge in [0.05, 0.1) is 0 Å². The Morgan fingerprint density at radius 1 is 1.42 bits per heavy atom. The fraction of sp³-hybridized carbons (Fsp3) is 0.538. The average Bonchev–Trinajstić information content (AvgIpc) is 2.38. The number of nitrogens with one attached hydrogen (secondary N) is 1. The van der Waals surface area contributed by atoms with Gasteiger partial charge in [-0.25, -0.2) is 0 Å². The highest BCUT2D eigenvalue weighted by molar-refractivity contribution is 7.87. The van der Waals surface area contributed by atoms with E-state index in [2.05, 4.69) is 11.6 Å². The molecule has 106 valence electrons. The van der Waals surface area contributed by atoms with Crippen molar-refractivity contribution in [2.45, 2.75) is 26.3 Å². The molecule has 0 aliphatic carbocycles. The summed E-state index contributed by atoms with van der Waals surface area (Å²) in [6, 6.07) is 7.25. The number of rotatable bonds is 4. The topological polar surface area (TPSA) is 49.4 Å². The Kier molecular flexibility index (Phi) is 4.84. The summed E-state index contributed by atoms with van der Waals surface area (Å²) in [5.41, 5.74) is 0.790. The number of hydrogen-bond donors (Lipinski definition) is 1. The summed E-state index contributed by atoms with van der Waals surface area (Å²) in [6.45, 7) is 3.50. The van der Waals surface area contributed by atoms with E-state index in [4.69, 9.17) is 11.6 Å².